The number of para-hydroxylation sites is 1. The van der Waals surface area contributed by atoms with Gasteiger partial charge >= 0.3 is 0 Å². The molecule has 0 bridgehead atoms. The summed E-state index contributed by atoms with van der Waals surface area (Å²) in [6.45, 7) is 3.03. The number of fused-ring (bicyclic) bond motifs is 1. The number of likely N-dealkylation sites (N-methyl/N-ethyl adjacent to an activating group) is 1. The molecule has 6 heteroatoms. The van der Waals surface area contributed by atoms with Crippen LogP contribution in [-0.2, 0) is 11.2 Å². The fraction of sp³-hybridized carbons (Fsp3) is 0.300. The highest BCUT2D eigenvalue weighted by molar-refractivity contribution is 7.18. The molecule has 0 aliphatic carbocycles. The molecule has 136 valence electrons. The molecule has 1 amide bonds. The van der Waals surface area contributed by atoms with Crippen molar-refractivity contribution in [3.05, 3.63) is 64.9 Å². The van der Waals surface area contributed by atoms with Crippen molar-refractivity contribution in [3.8, 4) is 0 Å². The fourth-order valence-electron chi connectivity index (χ4n) is 2.75. The molecule has 4 nitrogen and oxygen atoms in total. The Bertz CT molecular complexity index is 845. The summed E-state index contributed by atoms with van der Waals surface area (Å²) in [6, 6.07) is 14.6. The molecular formula is C20H23FN3OS+. The maximum atomic E-state index is 12.9. The third-order valence-electron chi connectivity index (χ3n) is 4.51. The number of hydrogen-bond acceptors (Lipinski definition) is 3. The van der Waals surface area contributed by atoms with Gasteiger partial charge in [0.15, 0.2) is 11.6 Å². The number of rotatable bonds is 7. The summed E-state index contributed by atoms with van der Waals surface area (Å²) < 4.78 is 14.1. The van der Waals surface area contributed by atoms with Crippen LogP contribution in [0.4, 0.5) is 4.39 Å². The van der Waals surface area contributed by atoms with Crippen LogP contribution >= 0.6 is 11.3 Å². The van der Waals surface area contributed by atoms with Gasteiger partial charge in [-0.1, -0.05) is 24.3 Å². The average molecular weight is 372 g/mol. The molecule has 3 rings (SSSR count). The van der Waals surface area contributed by atoms with Crippen LogP contribution in [0, 0.1) is 5.82 Å². The van der Waals surface area contributed by atoms with Crippen LogP contribution in [0.5, 0.6) is 0 Å². The molecule has 1 unspecified atom stereocenters. The number of aromatic nitrogens is 1. The minimum atomic E-state index is -0.244. The first-order valence-corrected chi connectivity index (χ1v) is 9.53. The number of hydrogen-bond donors (Lipinski definition) is 2. The van der Waals surface area contributed by atoms with E-state index in [0.717, 1.165) is 21.0 Å². The van der Waals surface area contributed by atoms with Gasteiger partial charge in [-0.15, -0.1) is 11.3 Å². The maximum Gasteiger partial charge on any atom is 0.275 e. The summed E-state index contributed by atoms with van der Waals surface area (Å²) in [5, 5.41) is 3.98. The molecule has 2 atom stereocenters. The zero-order valence-corrected chi connectivity index (χ0v) is 15.8. The molecule has 0 spiro atoms. The normalized spacial score (nSPS) is 13.5. The Hall–Kier alpha value is -2.31. The van der Waals surface area contributed by atoms with E-state index in [4.69, 9.17) is 0 Å². The Morgan fingerprint density at radius 2 is 1.96 bits per heavy atom. The maximum absolute atomic E-state index is 12.9. The van der Waals surface area contributed by atoms with Crippen molar-refractivity contribution < 1.29 is 14.1 Å². The highest BCUT2D eigenvalue weighted by Gasteiger charge is 2.21. The number of nitrogens with zero attached hydrogens (tertiary/aromatic N) is 1. The monoisotopic (exact) mass is 372 g/mol. The largest absolute Gasteiger partial charge is 0.351 e. The molecule has 0 saturated heterocycles. The Morgan fingerprint density at radius 1 is 1.23 bits per heavy atom. The predicted molar refractivity (Wildman–Crippen MR) is 103 cm³/mol. The molecule has 0 saturated carbocycles. The fourth-order valence-corrected chi connectivity index (χ4v) is 3.86. The Labute approximate surface area is 156 Å². The van der Waals surface area contributed by atoms with Gasteiger partial charge in [0.25, 0.3) is 5.91 Å². The molecule has 2 aromatic carbocycles. The lowest BCUT2D eigenvalue weighted by Crippen LogP contribution is -3.10. The molecule has 0 aliphatic heterocycles. The number of quaternary nitrogens is 1. The first kappa shape index (κ1) is 18.5. The zero-order chi connectivity index (χ0) is 18.5. The summed E-state index contributed by atoms with van der Waals surface area (Å²) in [4.78, 5) is 18.0. The number of carbonyl (C=O) groups is 1. The van der Waals surface area contributed by atoms with Gasteiger partial charge in [0.2, 0.25) is 0 Å². The number of amides is 1. The topological polar surface area (TPSA) is 46.4 Å². The summed E-state index contributed by atoms with van der Waals surface area (Å²) >= 11 is 1.68. The van der Waals surface area contributed by atoms with Crippen molar-refractivity contribution in [1.82, 2.24) is 10.3 Å². The molecule has 2 N–H and O–H groups in total. The first-order chi connectivity index (χ1) is 12.5. The molecule has 0 fully saturated rings. The van der Waals surface area contributed by atoms with E-state index in [-0.39, 0.29) is 17.8 Å². The van der Waals surface area contributed by atoms with Crippen molar-refractivity contribution in [2.45, 2.75) is 19.4 Å². The molecule has 1 aromatic heterocycles. The smallest absolute Gasteiger partial charge is 0.275 e. The number of halogens is 1. The summed E-state index contributed by atoms with van der Waals surface area (Å²) in [6.07, 6.45) is 0.693. The second-order valence-corrected chi connectivity index (χ2v) is 7.55. The lowest BCUT2D eigenvalue weighted by Gasteiger charge is -2.19. The van der Waals surface area contributed by atoms with Gasteiger partial charge in [-0.3, -0.25) is 4.79 Å². The number of thiazole rings is 1. The third kappa shape index (κ3) is 4.65. The lowest BCUT2D eigenvalue weighted by molar-refractivity contribution is -0.902. The van der Waals surface area contributed by atoms with Gasteiger partial charge in [-0.25, -0.2) is 9.37 Å². The standard InChI is InChI=1S/C20H22FN3OS/c1-14(20-23-17-5-3-4-6-18(17)26-20)24(2)13-19(25)22-12-11-15-7-9-16(21)10-8-15/h3-10,14H,11-13H2,1-2H3,(H,22,25)/p+1/t14-/m1/s1. The third-order valence-corrected chi connectivity index (χ3v) is 5.73. The number of nitrogens with one attached hydrogen (secondary N) is 2. The van der Waals surface area contributed by atoms with Crippen molar-refractivity contribution in [1.29, 1.82) is 0 Å². The van der Waals surface area contributed by atoms with E-state index in [2.05, 4.69) is 23.3 Å². The average Bonchev–Trinajstić information content (AvgIpc) is 3.06. The Kier molecular flexibility index (Phi) is 5.96. The van der Waals surface area contributed by atoms with E-state index in [1.807, 2.05) is 25.2 Å². The van der Waals surface area contributed by atoms with E-state index in [9.17, 15) is 9.18 Å². The van der Waals surface area contributed by atoms with Crippen LogP contribution in [0.25, 0.3) is 10.2 Å². The van der Waals surface area contributed by atoms with Gasteiger partial charge in [0.1, 0.15) is 11.9 Å². The van der Waals surface area contributed by atoms with Crippen LogP contribution in [0.2, 0.25) is 0 Å². The minimum absolute atomic E-state index is 0.0116. The van der Waals surface area contributed by atoms with Gasteiger partial charge in [0.05, 0.1) is 17.3 Å². The van der Waals surface area contributed by atoms with E-state index >= 15 is 0 Å². The van der Waals surface area contributed by atoms with Gasteiger partial charge < -0.3 is 10.2 Å². The van der Waals surface area contributed by atoms with Crippen LogP contribution in [-0.4, -0.2) is 31.0 Å². The number of carbonyl (C=O) groups excluding carboxylic acids is 1. The van der Waals surface area contributed by atoms with Gasteiger partial charge in [-0.2, -0.15) is 0 Å². The summed E-state index contributed by atoms with van der Waals surface area (Å²) in [7, 11) is 2.01. The highest BCUT2D eigenvalue weighted by atomic mass is 32.1. The predicted octanol–water partition coefficient (Wildman–Crippen LogP) is 2.37. The van der Waals surface area contributed by atoms with Crippen LogP contribution in [0.1, 0.15) is 23.5 Å². The minimum Gasteiger partial charge on any atom is -0.351 e. The van der Waals surface area contributed by atoms with Crippen LogP contribution in [0.15, 0.2) is 48.5 Å². The second kappa shape index (κ2) is 8.38. The summed E-state index contributed by atoms with van der Waals surface area (Å²) in [5.41, 5.74) is 2.02. The van der Waals surface area contributed by atoms with Gasteiger partial charge in [0, 0.05) is 6.54 Å². The molecule has 0 aliphatic rings. The molecule has 26 heavy (non-hydrogen) atoms. The van der Waals surface area contributed by atoms with Crippen molar-refractivity contribution in [2.75, 3.05) is 20.1 Å². The SMILES string of the molecule is C[C@H](c1nc2ccccc2s1)[NH+](C)CC(=O)NCCc1ccc(F)cc1. The van der Waals surface area contributed by atoms with E-state index in [1.165, 1.54) is 16.8 Å². The quantitative estimate of drug-likeness (QED) is 0.669. The Balaban J connectivity index is 1.49. The second-order valence-electron chi connectivity index (χ2n) is 6.49. The van der Waals surface area contributed by atoms with E-state index in [1.54, 1.807) is 23.5 Å². The zero-order valence-electron chi connectivity index (χ0n) is 15.0. The van der Waals surface area contributed by atoms with Crippen LogP contribution < -0.4 is 10.2 Å². The molecular weight excluding hydrogens is 349 g/mol. The van der Waals surface area contributed by atoms with E-state index in [0.29, 0.717) is 19.5 Å². The van der Waals surface area contributed by atoms with Crippen molar-refractivity contribution in [3.63, 3.8) is 0 Å². The van der Waals surface area contributed by atoms with E-state index < -0.39 is 0 Å². The number of benzene rings is 2. The van der Waals surface area contributed by atoms with Crippen molar-refractivity contribution >= 4 is 27.5 Å². The van der Waals surface area contributed by atoms with Gasteiger partial charge in [-0.05, 0) is 43.2 Å². The van der Waals surface area contributed by atoms with Crippen molar-refractivity contribution in [2.24, 2.45) is 0 Å². The Morgan fingerprint density at radius 3 is 2.69 bits per heavy atom. The lowest BCUT2D eigenvalue weighted by atomic mass is 10.1. The first-order valence-electron chi connectivity index (χ1n) is 8.72. The molecule has 3 aromatic rings. The van der Waals surface area contributed by atoms with Crippen LogP contribution in [0.3, 0.4) is 0 Å². The molecule has 0 radical (unpaired) electrons. The highest BCUT2D eigenvalue weighted by Crippen LogP contribution is 2.24. The summed E-state index contributed by atoms with van der Waals surface area (Å²) in [5.74, 6) is -0.232. The molecule has 1 heterocycles.